The lowest BCUT2D eigenvalue weighted by atomic mass is 10.1. The van der Waals surface area contributed by atoms with Crippen molar-refractivity contribution in [1.29, 1.82) is 0 Å². The van der Waals surface area contributed by atoms with Gasteiger partial charge in [0.1, 0.15) is 0 Å². The second kappa shape index (κ2) is 21.0. The molecule has 0 aliphatic carbocycles. The lowest BCUT2D eigenvalue weighted by molar-refractivity contribution is 0.802. The van der Waals surface area contributed by atoms with E-state index in [9.17, 15) is 0 Å². The molecule has 0 aliphatic rings. The Morgan fingerprint density at radius 1 is 0.404 bits per heavy atom. The Labute approximate surface area is 306 Å². The van der Waals surface area contributed by atoms with Gasteiger partial charge in [0.25, 0.3) is 0 Å². The minimum absolute atomic E-state index is 0.145. The Kier molecular flexibility index (Phi) is 16.2. The van der Waals surface area contributed by atoms with Gasteiger partial charge < -0.3 is 0 Å². The largest absolute Gasteiger partial charge is 0.160 e. The molecule has 1 atom stereocenters. The van der Waals surface area contributed by atoms with E-state index in [-0.39, 0.29) is 4.58 Å². The second-order valence-corrected chi connectivity index (χ2v) is 17.0. The molecule has 0 aliphatic heterocycles. The lowest BCUT2D eigenvalue weighted by Gasteiger charge is -2.21. The highest BCUT2D eigenvalue weighted by molar-refractivity contribution is 8.09. The molecule has 5 aromatic rings. The molecule has 5 aromatic carbocycles. The van der Waals surface area contributed by atoms with Crippen molar-refractivity contribution in [3.8, 4) is 0 Å². The normalized spacial score (nSPS) is 11.9. The van der Waals surface area contributed by atoms with Crippen LogP contribution in [0, 0.1) is 0 Å². The average molecular weight is 711 g/mol. The molecule has 244 valence electrons. The van der Waals surface area contributed by atoms with E-state index in [4.69, 9.17) is 12.6 Å². The predicted octanol–water partition coefficient (Wildman–Crippen LogP) is 12.8. The summed E-state index contributed by atoms with van der Waals surface area (Å²) in [5, 5.41) is 0. The van der Waals surface area contributed by atoms with Crippen LogP contribution in [-0.4, -0.2) is 23.0 Å². The number of aryl methyl sites for hydroxylation is 4. The molecule has 0 N–H and O–H groups in total. The van der Waals surface area contributed by atoms with Gasteiger partial charge in [0.05, 0.1) is 4.58 Å². The topological polar surface area (TPSA) is 0 Å². The van der Waals surface area contributed by atoms with Crippen LogP contribution in [0.5, 0.6) is 0 Å². The fourth-order valence-electron chi connectivity index (χ4n) is 5.45. The third-order valence-electron chi connectivity index (χ3n) is 8.02. The highest BCUT2D eigenvalue weighted by Crippen LogP contribution is 2.47. The van der Waals surface area contributed by atoms with Crippen LogP contribution in [0.25, 0.3) is 0 Å². The summed E-state index contributed by atoms with van der Waals surface area (Å²) in [6, 6.07) is 48.4. The maximum atomic E-state index is 5.23. The number of benzene rings is 5. The first-order valence-electron chi connectivity index (χ1n) is 16.8. The van der Waals surface area contributed by atoms with Gasteiger partial charge in [0.15, 0.2) is 0 Å². The molecule has 0 nitrogen and oxygen atoms in total. The van der Waals surface area contributed by atoms with E-state index in [2.05, 4.69) is 157 Å². The highest BCUT2D eigenvalue weighted by Gasteiger charge is 2.20. The number of hydrogen-bond donors (Lipinski definition) is 1. The number of thioether (sulfide) groups is 4. The van der Waals surface area contributed by atoms with E-state index < -0.39 is 0 Å². The fourth-order valence-corrected chi connectivity index (χ4v) is 10.9. The molecule has 0 radical (unpaired) electrons. The van der Waals surface area contributed by atoms with Gasteiger partial charge in [0, 0.05) is 20.4 Å². The molecule has 0 fully saturated rings. The number of unbranched alkanes of at least 4 members (excludes halogenated alkanes) is 1. The minimum Gasteiger partial charge on any atom is -0.160 e. The summed E-state index contributed by atoms with van der Waals surface area (Å²) in [5.41, 5.74) is 7.05. The van der Waals surface area contributed by atoms with E-state index in [1.807, 2.05) is 23.5 Å². The van der Waals surface area contributed by atoms with E-state index in [0.717, 1.165) is 48.7 Å². The second-order valence-electron chi connectivity index (χ2n) is 11.6. The van der Waals surface area contributed by atoms with E-state index in [1.165, 1.54) is 61.8 Å². The van der Waals surface area contributed by atoms with Crippen LogP contribution in [0.2, 0.25) is 0 Å². The van der Waals surface area contributed by atoms with Gasteiger partial charge in [-0.3, -0.25) is 0 Å². The molecule has 5 heteroatoms. The van der Waals surface area contributed by atoms with Crippen LogP contribution in [-0.2, 0) is 25.7 Å². The van der Waals surface area contributed by atoms with Gasteiger partial charge in [-0.2, -0.15) is 12.6 Å². The molecule has 0 saturated carbocycles. The molecular formula is C42H46S5. The van der Waals surface area contributed by atoms with Crippen molar-refractivity contribution >= 4 is 59.7 Å². The molecule has 0 saturated heterocycles. The average Bonchev–Trinajstić information content (AvgIpc) is 3.12. The lowest BCUT2D eigenvalue weighted by Crippen LogP contribution is -1.99. The van der Waals surface area contributed by atoms with Crippen LogP contribution in [0.1, 0.15) is 51.7 Å². The zero-order valence-corrected chi connectivity index (χ0v) is 31.3. The smallest absolute Gasteiger partial charge is 0.0732 e. The van der Waals surface area contributed by atoms with E-state index >= 15 is 0 Å². The Hall–Kier alpha value is -2.15. The van der Waals surface area contributed by atoms with Gasteiger partial charge in [-0.25, -0.2) is 0 Å². The summed E-state index contributed by atoms with van der Waals surface area (Å²) in [7, 11) is 0. The summed E-state index contributed by atoms with van der Waals surface area (Å²) in [4.78, 5) is 4.37. The Morgan fingerprint density at radius 2 is 0.872 bits per heavy atom. The molecule has 1 unspecified atom stereocenters. The standard InChI is InChI=1S/C42H46S5/c43-42(47-33-29-37-22-11-4-12-23-37)38-26-27-39(44-30-14-13-24-34-16-5-1-6-17-34)41(45-31-15-25-35-18-7-2-8-19-35)40(38)46-32-28-36-20-9-3-10-21-36/h1-12,16-23,26-27,42-43H,13-15,24-25,28-33H2. The summed E-state index contributed by atoms with van der Waals surface area (Å²) in [5.74, 6) is 4.39. The van der Waals surface area contributed by atoms with Crippen LogP contribution >= 0.6 is 59.7 Å². The molecule has 0 spiro atoms. The van der Waals surface area contributed by atoms with E-state index in [1.54, 1.807) is 0 Å². The van der Waals surface area contributed by atoms with Crippen LogP contribution < -0.4 is 0 Å². The maximum Gasteiger partial charge on any atom is 0.0732 e. The molecular weight excluding hydrogens is 665 g/mol. The summed E-state index contributed by atoms with van der Waals surface area (Å²) >= 11 is 13.4. The Morgan fingerprint density at radius 3 is 1.45 bits per heavy atom. The minimum atomic E-state index is 0.145. The molecule has 5 rings (SSSR count). The summed E-state index contributed by atoms with van der Waals surface area (Å²) in [6.07, 6.45) is 8.03. The zero-order valence-electron chi connectivity index (χ0n) is 27.1. The first-order valence-corrected chi connectivity index (χ1v) is 21.3. The third-order valence-corrected chi connectivity index (χ3v) is 13.5. The molecule has 0 heterocycles. The van der Waals surface area contributed by atoms with Crippen molar-refractivity contribution in [2.24, 2.45) is 0 Å². The van der Waals surface area contributed by atoms with Crippen LogP contribution in [0.3, 0.4) is 0 Å². The predicted molar refractivity (Wildman–Crippen MR) is 217 cm³/mol. The molecule has 0 aromatic heterocycles. The number of thiol groups is 1. The molecule has 0 bridgehead atoms. The first-order chi connectivity index (χ1) is 23.3. The van der Waals surface area contributed by atoms with Crippen molar-refractivity contribution in [1.82, 2.24) is 0 Å². The van der Waals surface area contributed by atoms with Gasteiger partial charge in [-0.1, -0.05) is 127 Å². The quantitative estimate of drug-likeness (QED) is 0.0369. The highest BCUT2D eigenvalue weighted by atomic mass is 32.2. The zero-order chi connectivity index (χ0) is 32.4. The van der Waals surface area contributed by atoms with Crippen LogP contribution in [0.15, 0.2) is 148 Å². The van der Waals surface area contributed by atoms with Crippen molar-refractivity contribution in [3.05, 3.63) is 161 Å². The molecule has 0 amide bonds. The summed E-state index contributed by atoms with van der Waals surface area (Å²) in [6.45, 7) is 0. The fraction of sp³-hybridized carbons (Fsp3) is 0.286. The van der Waals surface area contributed by atoms with Crippen molar-refractivity contribution < 1.29 is 0 Å². The van der Waals surface area contributed by atoms with Gasteiger partial charge in [-0.15, -0.1) is 47.0 Å². The van der Waals surface area contributed by atoms with Crippen molar-refractivity contribution in [2.45, 2.75) is 64.2 Å². The SMILES string of the molecule is SC(SCCc1ccccc1)c1ccc(SCCCCc2ccccc2)c(SCCCc2ccccc2)c1SCCc1ccccc1. The van der Waals surface area contributed by atoms with Crippen molar-refractivity contribution in [2.75, 3.05) is 23.0 Å². The first kappa shape index (κ1) is 36.1. The number of hydrogen-bond acceptors (Lipinski definition) is 5. The van der Waals surface area contributed by atoms with Gasteiger partial charge in [0.2, 0.25) is 0 Å². The Balaban J connectivity index is 1.31. The number of rotatable bonds is 20. The maximum absolute atomic E-state index is 5.23. The van der Waals surface area contributed by atoms with Gasteiger partial charge >= 0.3 is 0 Å². The van der Waals surface area contributed by atoms with E-state index in [0.29, 0.717) is 0 Å². The monoisotopic (exact) mass is 710 g/mol. The summed E-state index contributed by atoms with van der Waals surface area (Å²) < 4.78 is 0.145. The third kappa shape index (κ3) is 12.7. The van der Waals surface area contributed by atoms with Crippen LogP contribution in [0.4, 0.5) is 0 Å². The Bertz CT molecular complexity index is 1560. The molecule has 47 heavy (non-hydrogen) atoms. The van der Waals surface area contributed by atoms with Crippen molar-refractivity contribution in [3.63, 3.8) is 0 Å². The van der Waals surface area contributed by atoms with Gasteiger partial charge in [-0.05, 0) is 96.1 Å².